The number of aliphatic imine (C=N–C) groups is 1. The van der Waals surface area contributed by atoms with Gasteiger partial charge in [-0.05, 0) is 0 Å². The molecule has 0 aliphatic rings. The molecule has 1 aromatic heterocycles. The number of hydrogen-bond acceptors (Lipinski definition) is 4. The maximum absolute atomic E-state index is 4.81. The Bertz CT molecular complexity index is 175. The molecule has 0 fully saturated rings. The minimum Gasteiger partial charge on any atom is -0.510 e. The summed E-state index contributed by atoms with van der Waals surface area (Å²) in [6.45, 7) is 4.81. The summed E-state index contributed by atoms with van der Waals surface area (Å²) >= 11 is 0. The molecule has 1 heterocycles. The fourth-order valence-corrected chi connectivity index (χ4v) is 0.273. The zero-order chi connectivity index (χ0) is 5.82. The summed E-state index contributed by atoms with van der Waals surface area (Å²) in [5.74, 6) is 0.264. The van der Waals surface area contributed by atoms with Gasteiger partial charge in [0.1, 0.15) is 0 Å². The molecule has 0 aliphatic carbocycles. The fourth-order valence-electron chi connectivity index (χ4n) is 0.273. The van der Waals surface area contributed by atoms with Crippen LogP contribution in [0.5, 0.6) is 0 Å². The summed E-state index contributed by atoms with van der Waals surface area (Å²) in [6.07, 6.45) is 1.35. The molecule has 5 heteroatoms. The Morgan fingerprint density at radius 3 is 2.78 bits per heavy atom. The van der Waals surface area contributed by atoms with Gasteiger partial charge in [0.25, 0.3) is 0 Å². The van der Waals surface area contributed by atoms with Gasteiger partial charge in [-0.15, -0.1) is 6.20 Å². The monoisotopic (exact) mass is 195 g/mol. The van der Waals surface area contributed by atoms with E-state index >= 15 is 0 Å². The van der Waals surface area contributed by atoms with E-state index in [4.69, 9.17) is 6.72 Å². The maximum Gasteiger partial charge on any atom is 0 e. The van der Waals surface area contributed by atoms with Gasteiger partial charge in [-0.25, -0.2) is 5.10 Å². The van der Waals surface area contributed by atoms with Crippen LogP contribution in [0.15, 0.2) is 11.2 Å². The molecule has 0 aliphatic heterocycles. The van der Waals surface area contributed by atoms with E-state index in [1.165, 1.54) is 6.20 Å². The van der Waals surface area contributed by atoms with Crippen molar-refractivity contribution in [1.29, 1.82) is 0 Å². The standard InChI is InChI=1S/C4H2N4.Y/c1-5-4-2-3-6-8-7-4;/h1,3H;/q-2;. The van der Waals surface area contributed by atoms with Crippen LogP contribution in [-0.2, 0) is 32.7 Å². The molecule has 0 amide bonds. The number of aromatic nitrogens is 3. The van der Waals surface area contributed by atoms with Crippen molar-refractivity contribution in [2.75, 3.05) is 0 Å². The molecule has 4 nitrogen and oxygen atoms in total. The van der Waals surface area contributed by atoms with Crippen LogP contribution in [0.3, 0.4) is 0 Å². The van der Waals surface area contributed by atoms with Crippen molar-refractivity contribution in [2.24, 2.45) is 4.99 Å². The van der Waals surface area contributed by atoms with Gasteiger partial charge >= 0.3 is 0 Å². The maximum atomic E-state index is 4.81. The van der Waals surface area contributed by atoms with Crippen molar-refractivity contribution in [1.82, 2.24) is 15.4 Å². The molecule has 0 saturated carbocycles. The summed E-state index contributed by atoms with van der Waals surface area (Å²) < 4.78 is 0. The molecular weight excluding hydrogens is 193 g/mol. The molecule has 1 radical (unpaired) electrons. The molecule has 0 bridgehead atoms. The normalized spacial score (nSPS) is 7.56. The van der Waals surface area contributed by atoms with Gasteiger partial charge in [0, 0.05) is 32.7 Å². The van der Waals surface area contributed by atoms with Crippen molar-refractivity contribution in [3.63, 3.8) is 0 Å². The third-order valence-electron chi connectivity index (χ3n) is 0.565. The SMILES string of the molecule is [CH-]=Nc1[c-]cnnn1.[Y]. The Morgan fingerprint density at radius 1 is 1.67 bits per heavy atom. The third-order valence-corrected chi connectivity index (χ3v) is 0.565. The molecule has 0 spiro atoms. The minimum atomic E-state index is 0. The first kappa shape index (κ1) is 8.78. The average molecular weight is 195 g/mol. The van der Waals surface area contributed by atoms with Crippen molar-refractivity contribution in [3.05, 3.63) is 12.3 Å². The quantitative estimate of drug-likeness (QED) is 0.463. The first-order valence-electron chi connectivity index (χ1n) is 1.90. The van der Waals surface area contributed by atoms with Gasteiger partial charge < -0.3 is 11.1 Å². The molecule has 9 heavy (non-hydrogen) atoms. The second-order valence-corrected chi connectivity index (χ2v) is 1.03. The summed E-state index contributed by atoms with van der Waals surface area (Å²) in [4.78, 5) is 3.20. The summed E-state index contributed by atoms with van der Waals surface area (Å²) in [6, 6.07) is 2.54. The average Bonchev–Trinajstić information content (AvgIpc) is 1.90. The second kappa shape index (κ2) is 4.64. The van der Waals surface area contributed by atoms with Crippen LogP contribution in [0.4, 0.5) is 5.82 Å². The predicted molar refractivity (Wildman–Crippen MR) is 26.8 cm³/mol. The van der Waals surface area contributed by atoms with Crippen LogP contribution < -0.4 is 0 Å². The molecule has 0 N–H and O–H groups in total. The topological polar surface area (TPSA) is 51.0 Å². The molecule has 0 aromatic carbocycles. The summed E-state index contributed by atoms with van der Waals surface area (Å²) in [5, 5.41) is 10.0. The Morgan fingerprint density at radius 2 is 2.44 bits per heavy atom. The summed E-state index contributed by atoms with van der Waals surface area (Å²) in [7, 11) is 0. The van der Waals surface area contributed by atoms with Gasteiger partial charge in [-0.2, -0.15) is 17.6 Å². The largest absolute Gasteiger partial charge is 0.510 e. The Labute approximate surface area is 77.7 Å². The van der Waals surface area contributed by atoms with Gasteiger partial charge in [0.05, 0.1) is 0 Å². The van der Waals surface area contributed by atoms with Crippen molar-refractivity contribution >= 4 is 12.5 Å². The van der Waals surface area contributed by atoms with Crippen molar-refractivity contribution in [3.8, 4) is 0 Å². The number of hydrogen-bond donors (Lipinski definition) is 0. The molecule has 1 aromatic rings. The summed E-state index contributed by atoms with van der Waals surface area (Å²) in [5.41, 5.74) is 0. The van der Waals surface area contributed by atoms with E-state index in [-0.39, 0.29) is 38.5 Å². The van der Waals surface area contributed by atoms with Crippen LogP contribution in [0.2, 0.25) is 0 Å². The Kier molecular flexibility index (Phi) is 4.53. The van der Waals surface area contributed by atoms with Crippen LogP contribution in [0.25, 0.3) is 0 Å². The van der Waals surface area contributed by atoms with Gasteiger partial charge in [-0.3, -0.25) is 0 Å². The molecule has 1 rings (SSSR count). The Hall–Kier alpha value is -0.216. The van der Waals surface area contributed by atoms with E-state index in [1.54, 1.807) is 0 Å². The van der Waals surface area contributed by atoms with Crippen molar-refractivity contribution < 1.29 is 32.7 Å². The van der Waals surface area contributed by atoms with Crippen molar-refractivity contribution in [2.45, 2.75) is 0 Å². The van der Waals surface area contributed by atoms with Crippen LogP contribution in [-0.4, -0.2) is 22.1 Å². The molecule has 0 unspecified atom stereocenters. The smallest absolute Gasteiger partial charge is 0 e. The zero-order valence-corrected chi connectivity index (χ0v) is 7.36. The van der Waals surface area contributed by atoms with Gasteiger partial charge in [-0.1, -0.05) is 5.21 Å². The first-order chi connectivity index (χ1) is 3.93. The molecule has 0 atom stereocenters. The van der Waals surface area contributed by atoms with Crippen LogP contribution in [0, 0.1) is 6.07 Å². The fraction of sp³-hybridized carbons (Fsp3) is 0. The minimum absolute atomic E-state index is 0. The zero-order valence-electron chi connectivity index (χ0n) is 4.52. The molecule has 0 saturated heterocycles. The molecular formula is C4H2N4Y-2. The van der Waals surface area contributed by atoms with Gasteiger partial charge in [0.15, 0.2) is 0 Å². The van der Waals surface area contributed by atoms with E-state index < -0.39 is 0 Å². The van der Waals surface area contributed by atoms with E-state index in [9.17, 15) is 0 Å². The second-order valence-electron chi connectivity index (χ2n) is 1.03. The predicted octanol–water partition coefficient (Wildman–Crippen LogP) is -0.122. The van der Waals surface area contributed by atoms with Gasteiger partial charge in [0.2, 0.25) is 0 Å². The van der Waals surface area contributed by atoms with E-state index in [0.29, 0.717) is 0 Å². The third kappa shape index (κ3) is 2.72. The van der Waals surface area contributed by atoms with E-state index in [1.807, 2.05) is 0 Å². The van der Waals surface area contributed by atoms with Crippen LogP contribution in [0.1, 0.15) is 0 Å². The number of rotatable bonds is 1. The Balaban J connectivity index is 0.000000640. The molecule has 43 valence electrons. The van der Waals surface area contributed by atoms with E-state index in [2.05, 4.69) is 26.5 Å². The number of nitrogens with zero attached hydrogens (tertiary/aromatic N) is 4. The van der Waals surface area contributed by atoms with Crippen LogP contribution >= 0.6 is 0 Å². The first-order valence-corrected chi connectivity index (χ1v) is 1.90. The van der Waals surface area contributed by atoms with E-state index in [0.717, 1.165) is 0 Å².